The summed E-state index contributed by atoms with van der Waals surface area (Å²) < 4.78 is 5.68. The predicted octanol–water partition coefficient (Wildman–Crippen LogP) is 4.58. The number of halogens is 1. The fraction of sp³-hybridized carbons (Fsp3) is 0.333. The van der Waals surface area contributed by atoms with Gasteiger partial charge in [-0.3, -0.25) is 0 Å². The number of para-hydroxylation sites is 1. The molecule has 102 valence electrons. The second-order valence-electron chi connectivity index (χ2n) is 4.39. The minimum atomic E-state index is -0.737. The van der Waals surface area contributed by atoms with Gasteiger partial charge in [0.05, 0.1) is 16.5 Å². The first-order chi connectivity index (χ1) is 9.15. The predicted molar refractivity (Wildman–Crippen MR) is 80.4 cm³/mol. The summed E-state index contributed by atoms with van der Waals surface area (Å²) in [4.78, 5) is 0.770. The van der Waals surface area contributed by atoms with Crippen molar-refractivity contribution in [3.05, 3.63) is 50.7 Å². The van der Waals surface area contributed by atoms with Gasteiger partial charge in [0.1, 0.15) is 11.9 Å². The molecular weight excluding hydrogens is 280 g/mol. The number of hydrogen-bond acceptors (Lipinski definition) is 3. The minimum absolute atomic E-state index is 0.640. The molecule has 1 N–H and O–H groups in total. The molecule has 1 atom stereocenters. The lowest BCUT2D eigenvalue weighted by atomic mass is 10.1. The van der Waals surface area contributed by atoms with E-state index in [1.54, 1.807) is 0 Å². The first-order valence-electron chi connectivity index (χ1n) is 6.28. The van der Waals surface area contributed by atoms with E-state index < -0.39 is 6.10 Å². The second kappa shape index (κ2) is 6.42. The number of aryl methyl sites for hydroxylation is 1. The molecule has 2 nitrogen and oxygen atoms in total. The van der Waals surface area contributed by atoms with Gasteiger partial charge in [-0.05, 0) is 30.4 Å². The van der Waals surface area contributed by atoms with E-state index >= 15 is 0 Å². The zero-order chi connectivity index (χ0) is 13.8. The fourth-order valence-corrected chi connectivity index (χ4v) is 3.12. The van der Waals surface area contributed by atoms with Crippen molar-refractivity contribution in [3.8, 4) is 5.75 Å². The van der Waals surface area contributed by atoms with E-state index in [2.05, 4.69) is 6.92 Å². The number of rotatable bonds is 5. The van der Waals surface area contributed by atoms with Crippen LogP contribution < -0.4 is 4.74 Å². The molecule has 19 heavy (non-hydrogen) atoms. The van der Waals surface area contributed by atoms with Gasteiger partial charge in [0.15, 0.2) is 0 Å². The fourth-order valence-electron chi connectivity index (χ4n) is 1.83. The normalized spacial score (nSPS) is 12.4. The SMILES string of the molecule is CCCOc1ccccc1C(O)c1scc(C)c1Cl. The molecule has 1 aromatic heterocycles. The van der Waals surface area contributed by atoms with Crippen molar-refractivity contribution < 1.29 is 9.84 Å². The Kier molecular flexibility index (Phi) is 4.86. The number of thiophene rings is 1. The molecule has 0 bridgehead atoms. The van der Waals surface area contributed by atoms with Gasteiger partial charge in [0.2, 0.25) is 0 Å². The lowest BCUT2D eigenvalue weighted by Crippen LogP contribution is -2.04. The molecule has 0 fully saturated rings. The molecule has 0 spiro atoms. The van der Waals surface area contributed by atoms with Gasteiger partial charge in [-0.25, -0.2) is 0 Å². The highest BCUT2D eigenvalue weighted by Crippen LogP contribution is 2.38. The number of aliphatic hydroxyl groups is 1. The lowest BCUT2D eigenvalue weighted by molar-refractivity contribution is 0.214. The molecular formula is C15H17ClO2S. The van der Waals surface area contributed by atoms with E-state index in [0.717, 1.165) is 28.2 Å². The van der Waals surface area contributed by atoms with Gasteiger partial charge < -0.3 is 9.84 Å². The Morgan fingerprint density at radius 3 is 2.74 bits per heavy atom. The van der Waals surface area contributed by atoms with Crippen LogP contribution in [0.1, 0.15) is 35.5 Å². The van der Waals surface area contributed by atoms with Crippen molar-refractivity contribution in [3.63, 3.8) is 0 Å². The van der Waals surface area contributed by atoms with Crippen LogP contribution in [-0.2, 0) is 0 Å². The zero-order valence-corrected chi connectivity index (χ0v) is 12.6. The van der Waals surface area contributed by atoms with Crippen molar-refractivity contribution in [2.75, 3.05) is 6.61 Å². The molecule has 1 unspecified atom stereocenters. The highest BCUT2D eigenvalue weighted by atomic mass is 35.5. The van der Waals surface area contributed by atoms with E-state index in [4.69, 9.17) is 16.3 Å². The van der Waals surface area contributed by atoms with E-state index in [1.165, 1.54) is 11.3 Å². The Morgan fingerprint density at radius 1 is 1.37 bits per heavy atom. The summed E-state index contributed by atoms with van der Waals surface area (Å²) in [5.74, 6) is 0.721. The molecule has 4 heteroatoms. The Balaban J connectivity index is 2.33. The molecule has 0 saturated heterocycles. The Morgan fingerprint density at radius 2 is 2.11 bits per heavy atom. The Bertz CT molecular complexity index is 551. The van der Waals surface area contributed by atoms with Gasteiger partial charge in [-0.15, -0.1) is 11.3 Å². The van der Waals surface area contributed by atoms with Gasteiger partial charge in [0.25, 0.3) is 0 Å². The summed E-state index contributed by atoms with van der Waals surface area (Å²) in [5.41, 5.74) is 1.76. The second-order valence-corrected chi connectivity index (χ2v) is 5.67. The highest BCUT2D eigenvalue weighted by molar-refractivity contribution is 7.10. The van der Waals surface area contributed by atoms with Crippen LogP contribution in [0.15, 0.2) is 29.6 Å². The van der Waals surface area contributed by atoms with Crippen molar-refractivity contribution in [1.82, 2.24) is 0 Å². The van der Waals surface area contributed by atoms with E-state index in [9.17, 15) is 5.11 Å². The summed E-state index contributed by atoms with van der Waals surface area (Å²) in [7, 11) is 0. The summed E-state index contributed by atoms with van der Waals surface area (Å²) in [6.45, 7) is 4.63. The number of hydrogen-bond donors (Lipinski definition) is 1. The minimum Gasteiger partial charge on any atom is -0.493 e. The summed E-state index contributed by atoms with van der Waals surface area (Å²) >= 11 is 7.69. The molecule has 0 amide bonds. The van der Waals surface area contributed by atoms with Crippen molar-refractivity contribution in [2.45, 2.75) is 26.4 Å². The molecule has 0 aliphatic heterocycles. The number of benzene rings is 1. The van der Waals surface area contributed by atoms with Crippen LogP contribution in [0.2, 0.25) is 5.02 Å². The van der Waals surface area contributed by atoms with Gasteiger partial charge in [-0.2, -0.15) is 0 Å². The molecule has 2 rings (SSSR count). The van der Waals surface area contributed by atoms with Crippen LogP contribution in [0.3, 0.4) is 0 Å². The molecule has 0 radical (unpaired) electrons. The topological polar surface area (TPSA) is 29.5 Å². The molecule has 0 aliphatic carbocycles. The lowest BCUT2D eigenvalue weighted by Gasteiger charge is -2.15. The quantitative estimate of drug-likeness (QED) is 0.875. The van der Waals surface area contributed by atoms with Gasteiger partial charge >= 0.3 is 0 Å². The van der Waals surface area contributed by atoms with E-state index in [0.29, 0.717) is 11.6 Å². The third-order valence-electron chi connectivity index (χ3n) is 2.85. The van der Waals surface area contributed by atoms with Crippen LogP contribution in [0.25, 0.3) is 0 Å². The van der Waals surface area contributed by atoms with Crippen LogP contribution in [0.5, 0.6) is 5.75 Å². The Labute approximate surface area is 122 Å². The standard InChI is InChI=1S/C15H17ClO2S/c1-3-8-18-12-7-5-4-6-11(12)14(17)15-13(16)10(2)9-19-15/h4-7,9,14,17H,3,8H2,1-2H3. The molecule has 0 aliphatic rings. The maximum Gasteiger partial charge on any atom is 0.125 e. The largest absolute Gasteiger partial charge is 0.493 e. The van der Waals surface area contributed by atoms with E-state index in [1.807, 2.05) is 36.6 Å². The molecule has 2 aromatic rings. The summed E-state index contributed by atoms with van der Waals surface area (Å²) in [5, 5.41) is 13.1. The highest BCUT2D eigenvalue weighted by Gasteiger charge is 2.20. The smallest absolute Gasteiger partial charge is 0.125 e. The maximum atomic E-state index is 10.5. The van der Waals surface area contributed by atoms with Crippen LogP contribution >= 0.6 is 22.9 Å². The van der Waals surface area contributed by atoms with Crippen molar-refractivity contribution >= 4 is 22.9 Å². The average molecular weight is 297 g/mol. The first kappa shape index (κ1) is 14.4. The van der Waals surface area contributed by atoms with Crippen molar-refractivity contribution in [2.24, 2.45) is 0 Å². The summed E-state index contributed by atoms with van der Waals surface area (Å²) in [6, 6.07) is 7.55. The van der Waals surface area contributed by atoms with E-state index in [-0.39, 0.29) is 0 Å². The maximum absolute atomic E-state index is 10.5. The zero-order valence-electron chi connectivity index (χ0n) is 11.0. The third kappa shape index (κ3) is 3.11. The summed E-state index contributed by atoms with van der Waals surface area (Å²) in [6.07, 6.45) is 0.197. The van der Waals surface area contributed by atoms with Crippen LogP contribution in [-0.4, -0.2) is 11.7 Å². The first-order valence-corrected chi connectivity index (χ1v) is 7.54. The molecule has 1 heterocycles. The molecule has 1 aromatic carbocycles. The number of aliphatic hydroxyl groups excluding tert-OH is 1. The number of ether oxygens (including phenoxy) is 1. The van der Waals surface area contributed by atoms with Crippen molar-refractivity contribution in [1.29, 1.82) is 0 Å². The van der Waals surface area contributed by atoms with Crippen LogP contribution in [0.4, 0.5) is 0 Å². The molecule has 0 saturated carbocycles. The Hall–Kier alpha value is -1.03. The van der Waals surface area contributed by atoms with Gasteiger partial charge in [-0.1, -0.05) is 36.7 Å². The monoisotopic (exact) mass is 296 g/mol. The van der Waals surface area contributed by atoms with Gasteiger partial charge in [0, 0.05) is 5.56 Å². The average Bonchev–Trinajstić information content (AvgIpc) is 2.76. The van der Waals surface area contributed by atoms with Crippen LogP contribution in [0, 0.1) is 6.92 Å². The third-order valence-corrected chi connectivity index (χ3v) is 4.62.